The molecule has 0 unspecified atom stereocenters. The number of nitrogens with one attached hydrogen (secondary N) is 1. The summed E-state index contributed by atoms with van der Waals surface area (Å²) in [5.41, 5.74) is 0.434. The van der Waals surface area contributed by atoms with Gasteiger partial charge in [0, 0.05) is 31.6 Å². The quantitative estimate of drug-likeness (QED) is 0.866. The molecule has 1 aromatic carbocycles. The van der Waals surface area contributed by atoms with Crippen LogP contribution < -0.4 is 5.32 Å². The van der Waals surface area contributed by atoms with Crippen molar-refractivity contribution in [3.05, 3.63) is 35.4 Å². The van der Waals surface area contributed by atoms with Crippen LogP contribution in [0.1, 0.15) is 38.2 Å². The second-order valence-corrected chi connectivity index (χ2v) is 6.24. The van der Waals surface area contributed by atoms with Gasteiger partial charge in [0.15, 0.2) is 0 Å². The molecular weight excluding hydrogens is 318 g/mol. The van der Waals surface area contributed by atoms with Gasteiger partial charge in [-0.15, -0.1) is 0 Å². The van der Waals surface area contributed by atoms with E-state index in [4.69, 9.17) is 0 Å². The molecule has 1 aromatic rings. The number of carbonyl (C=O) groups is 2. The number of benzene rings is 1. The van der Waals surface area contributed by atoms with Crippen LogP contribution in [-0.4, -0.2) is 40.6 Å². The van der Waals surface area contributed by atoms with Gasteiger partial charge in [-0.2, -0.15) is 0 Å². The number of hydrogen-bond acceptors (Lipinski definition) is 2. The van der Waals surface area contributed by atoms with Crippen molar-refractivity contribution >= 4 is 12.0 Å². The molecule has 0 aliphatic carbocycles. The minimum Gasteiger partial charge on any atom is -0.465 e. The summed E-state index contributed by atoms with van der Waals surface area (Å²) in [4.78, 5) is 24.2. The molecule has 1 saturated heterocycles. The summed E-state index contributed by atoms with van der Waals surface area (Å²) in [5, 5.41) is 12.1. The third-order valence-corrected chi connectivity index (χ3v) is 4.24. The van der Waals surface area contributed by atoms with Gasteiger partial charge >= 0.3 is 6.09 Å². The summed E-state index contributed by atoms with van der Waals surface area (Å²) in [6, 6.07) is 2.67. The van der Waals surface area contributed by atoms with E-state index in [2.05, 4.69) is 5.32 Å². The molecule has 2 N–H and O–H groups in total. The van der Waals surface area contributed by atoms with Crippen LogP contribution in [-0.2, 0) is 11.2 Å². The molecule has 0 bridgehead atoms. The summed E-state index contributed by atoms with van der Waals surface area (Å²) in [7, 11) is 0. The second kappa shape index (κ2) is 8.08. The zero-order valence-corrected chi connectivity index (χ0v) is 13.6. The largest absolute Gasteiger partial charge is 0.465 e. The fraction of sp³-hybridized carbons (Fsp3) is 0.529. The fourth-order valence-corrected chi connectivity index (χ4v) is 3.32. The first-order valence-corrected chi connectivity index (χ1v) is 8.07. The molecule has 0 aromatic heterocycles. The average Bonchev–Trinajstić information content (AvgIpc) is 2.45. The molecule has 2 atom stereocenters. The van der Waals surface area contributed by atoms with Crippen LogP contribution in [0, 0.1) is 11.6 Å². The van der Waals surface area contributed by atoms with Crippen LogP contribution in [0.5, 0.6) is 0 Å². The van der Waals surface area contributed by atoms with Crippen LogP contribution in [0.25, 0.3) is 0 Å². The normalized spacial score (nSPS) is 19.0. The number of hydrogen-bond donors (Lipinski definition) is 2. The first-order chi connectivity index (χ1) is 11.3. The highest BCUT2D eigenvalue weighted by Gasteiger charge is 2.29. The van der Waals surface area contributed by atoms with Crippen molar-refractivity contribution in [3.8, 4) is 0 Å². The van der Waals surface area contributed by atoms with E-state index in [-0.39, 0.29) is 24.4 Å². The summed E-state index contributed by atoms with van der Waals surface area (Å²) >= 11 is 0. The molecule has 1 heterocycles. The number of halogens is 2. The van der Waals surface area contributed by atoms with E-state index in [0.29, 0.717) is 18.5 Å². The molecular formula is C17H22F2N2O3. The molecule has 0 saturated carbocycles. The van der Waals surface area contributed by atoms with Crippen molar-refractivity contribution in [2.24, 2.45) is 0 Å². The van der Waals surface area contributed by atoms with Crippen molar-refractivity contribution in [1.82, 2.24) is 10.2 Å². The number of carboxylic acid groups (broad SMARTS) is 1. The molecule has 0 radical (unpaired) electrons. The second-order valence-electron chi connectivity index (χ2n) is 6.24. The lowest BCUT2D eigenvalue weighted by Crippen LogP contribution is -2.47. The van der Waals surface area contributed by atoms with Crippen molar-refractivity contribution in [1.29, 1.82) is 0 Å². The smallest absolute Gasteiger partial charge is 0.407 e. The van der Waals surface area contributed by atoms with E-state index in [9.17, 15) is 23.5 Å². The zero-order chi connectivity index (χ0) is 17.7. The highest BCUT2D eigenvalue weighted by molar-refractivity contribution is 5.73. The van der Waals surface area contributed by atoms with E-state index in [1.165, 1.54) is 24.0 Å². The van der Waals surface area contributed by atoms with Crippen LogP contribution in [0.2, 0.25) is 0 Å². The Bertz CT molecular complexity index is 589. The van der Waals surface area contributed by atoms with Gasteiger partial charge in [-0.3, -0.25) is 4.79 Å². The van der Waals surface area contributed by atoms with E-state index in [0.717, 1.165) is 25.3 Å². The lowest BCUT2D eigenvalue weighted by Gasteiger charge is -2.36. The summed E-state index contributed by atoms with van der Waals surface area (Å²) in [6.45, 7) is 1.84. The molecule has 132 valence electrons. The van der Waals surface area contributed by atoms with E-state index in [1.54, 1.807) is 0 Å². The molecule has 1 aliphatic heterocycles. The van der Waals surface area contributed by atoms with Gasteiger partial charge in [0.25, 0.3) is 0 Å². The summed E-state index contributed by atoms with van der Waals surface area (Å²) in [6.07, 6.45) is 2.17. The Morgan fingerprint density at radius 3 is 2.54 bits per heavy atom. The maximum atomic E-state index is 13.4. The molecule has 0 spiro atoms. The lowest BCUT2D eigenvalue weighted by molar-refractivity contribution is -0.119. The Morgan fingerprint density at radius 1 is 1.29 bits per heavy atom. The first-order valence-electron chi connectivity index (χ1n) is 8.07. The Kier molecular flexibility index (Phi) is 6.11. The topological polar surface area (TPSA) is 69.6 Å². The predicted octanol–water partition coefficient (Wildman–Crippen LogP) is 2.93. The van der Waals surface area contributed by atoms with Gasteiger partial charge in [-0.1, -0.05) is 0 Å². The van der Waals surface area contributed by atoms with Crippen molar-refractivity contribution in [3.63, 3.8) is 0 Å². The maximum absolute atomic E-state index is 13.4. The minimum atomic E-state index is -0.974. The third kappa shape index (κ3) is 5.18. The van der Waals surface area contributed by atoms with Crippen molar-refractivity contribution in [2.45, 2.75) is 51.1 Å². The third-order valence-electron chi connectivity index (χ3n) is 4.24. The standard InChI is InChI=1S/C17H22F2N2O3/c1-11(22)20-15(8-12-6-13(18)9-14(19)7-12)10-16-4-2-3-5-21(16)17(23)24/h6-7,9,15-16H,2-5,8,10H2,1H3,(H,20,22)(H,23,24)/t15-,16-/m0/s1. The Labute approximate surface area is 139 Å². The molecule has 1 aliphatic rings. The highest BCUT2D eigenvalue weighted by atomic mass is 19.1. The van der Waals surface area contributed by atoms with Gasteiger partial charge in [-0.05, 0) is 49.8 Å². The number of rotatable bonds is 5. The SMILES string of the molecule is CC(=O)N[C@@H](Cc1cc(F)cc(F)c1)C[C@@H]1CCCCN1C(=O)O. The summed E-state index contributed by atoms with van der Waals surface area (Å²) in [5.74, 6) is -1.60. The lowest BCUT2D eigenvalue weighted by atomic mass is 9.93. The monoisotopic (exact) mass is 340 g/mol. The van der Waals surface area contributed by atoms with Crippen LogP contribution >= 0.6 is 0 Å². The van der Waals surface area contributed by atoms with E-state index in [1.807, 2.05) is 0 Å². The van der Waals surface area contributed by atoms with Gasteiger partial charge < -0.3 is 15.3 Å². The number of likely N-dealkylation sites (tertiary alicyclic amines) is 1. The number of carbonyl (C=O) groups excluding carboxylic acids is 1. The molecule has 7 heteroatoms. The number of piperidine rings is 1. The fourth-order valence-electron chi connectivity index (χ4n) is 3.32. The number of amides is 2. The molecule has 2 rings (SSSR count). The predicted molar refractivity (Wildman–Crippen MR) is 84.7 cm³/mol. The van der Waals surface area contributed by atoms with Gasteiger partial charge in [-0.25, -0.2) is 13.6 Å². The van der Waals surface area contributed by atoms with Crippen LogP contribution in [0.4, 0.5) is 13.6 Å². The van der Waals surface area contributed by atoms with Crippen molar-refractivity contribution in [2.75, 3.05) is 6.54 Å². The van der Waals surface area contributed by atoms with Crippen LogP contribution in [0.3, 0.4) is 0 Å². The number of nitrogens with zero attached hydrogens (tertiary/aromatic N) is 1. The van der Waals surface area contributed by atoms with E-state index >= 15 is 0 Å². The molecule has 1 fully saturated rings. The first kappa shape index (κ1) is 18.2. The Morgan fingerprint density at radius 2 is 1.96 bits per heavy atom. The molecule has 24 heavy (non-hydrogen) atoms. The summed E-state index contributed by atoms with van der Waals surface area (Å²) < 4.78 is 26.7. The van der Waals surface area contributed by atoms with Gasteiger partial charge in [0.1, 0.15) is 11.6 Å². The minimum absolute atomic E-state index is 0.202. The molecule has 2 amide bonds. The van der Waals surface area contributed by atoms with Gasteiger partial charge in [0.05, 0.1) is 0 Å². The zero-order valence-electron chi connectivity index (χ0n) is 13.6. The molecule has 5 nitrogen and oxygen atoms in total. The maximum Gasteiger partial charge on any atom is 0.407 e. The Hall–Kier alpha value is -2.18. The van der Waals surface area contributed by atoms with Crippen LogP contribution in [0.15, 0.2) is 18.2 Å². The Balaban J connectivity index is 2.12. The average molecular weight is 340 g/mol. The van der Waals surface area contributed by atoms with Gasteiger partial charge in [0.2, 0.25) is 5.91 Å². The van der Waals surface area contributed by atoms with Crippen molar-refractivity contribution < 1.29 is 23.5 Å². The van der Waals surface area contributed by atoms with E-state index < -0.39 is 17.7 Å². The highest BCUT2D eigenvalue weighted by Crippen LogP contribution is 2.22.